The SMILES string of the molecule is CC1(C)CN=C(c2ccc(C#Cc3cc4ccccc4nc3N)cc2)N1.COc1cc2nc(C)nc(C#Cc3ccc(C4=NCC(C)(C)N4)cc3)c2cc1OC. The number of nitrogens with two attached hydrogens (primary N) is 1. The van der Waals surface area contributed by atoms with E-state index >= 15 is 0 Å². The van der Waals surface area contributed by atoms with E-state index in [1.54, 1.807) is 14.2 Å². The van der Waals surface area contributed by atoms with Gasteiger partial charge in [-0.2, -0.15) is 0 Å². The Morgan fingerprint density at radius 2 is 1.18 bits per heavy atom. The number of aryl methyl sites for hydroxylation is 1. The molecule has 0 fully saturated rings. The van der Waals surface area contributed by atoms with Gasteiger partial charge >= 0.3 is 0 Å². The molecule has 4 heterocycles. The number of fused-ring (bicyclic) bond motifs is 2. The van der Waals surface area contributed by atoms with Crippen molar-refractivity contribution >= 4 is 39.3 Å². The van der Waals surface area contributed by atoms with Crippen molar-refractivity contribution in [2.45, 2.75) is 45.7 Å². The van der Waals surface area contributed by atoms with E-state index in [9.17, 15) is 0 Å². The fourth-order valence-corrected chi connectivity index (χ4v) is 6.27. The number of hydrogen-bond acceptors (Lipinski definition) is 10. The minimum absolute atomic E-state index is 0.00345. The highest BCUT2D eigenvalue weighted by atomic mass is 16.5. The maximum Gasteiger partial charge on any atom is 0.162 e. The lowest BCUT2D eigenvalue weighted by Crippen LogP contribution is -2.39. The van der Waals surface area contributed by atoms with Crippen molar-refractivity contribution in [3.8, 4) is 35.2 Å². The molecule has 0 radical (unpaired) electrons. The van der Waals surface area contributed by atoms with E-state index in [2.05, 4.69) is 86.9 Å². The first kappa shape index (κ1) is 37.4. The molecule has 2 aliphatic rings. The summed E-state index contributed by atoms with van der Waals surface area (Å²) in [7, 11) is 3.21. The second kappa shape index (κ2) is 15.4. The Hall–Kier alpha value is -6.91. The van der Waals surface area contributed by atoms with E-state index in [0.29, 0.717) is 28.8 Å². The van der Waals surface area contributed by atoms with Crippen LogP contribution in [0.1, 0.15) is 67.0 Å². The number of aliphatic imine (C=N–C) groups is 2. The zero-order valence-electron chi connectivity index (χ0n) is 32.7. The summed E-state index contributed by atoms with van der Waals surface area (Å²) in [6.45, 7) is 12.0. The van der Waals surface area contributed by atoms with Crippen molar-refractivity contribution in [2.24, 2.45) is 9.98 Å². The first-order chi connectivity index (χ1) is 26.9. The van der Waals surface area contributed by atoms with Crippen LogP contribution < -0.4 is 25.8 Å². The predicted octanol–water partition coefficient (Wildman–Crippen LogP) is 6.83. The van der Waals surface area contributed by atoms with Gasteiger partial charge in [-0.25, -0.2) is 15.0 Å². The van der Waals surface area contributed by atoms with Crippen LogP contribution in [0.4, 0.5) is 5.82 Å². The summed E-state index contributed by atoms with van der Waals surface area (Å²) in [5, 5.41) is 8.75. The third kappa shape index (κ3) is 8.56. The lowest BCUT2D eigenvalue weighted by molar-refractivity contribution is 0.355. The highest BCUT2D eigenvalue weighted by Crippen LogP contribution is 2.32. The van der Waals surface area contributed by atoms with Crippen molar-refractivity contribution in [1.29, 1.82) is 0 Å². The maximum atomic E-state index is 6.05. The first-order valence-corrected chi connectivity index (χ1v) is 18.3. The number of benzene rings is 4. The molecule has 2 aliphatic heterocycles. The smallest absolute Gasteiger partial charge is 0.162 e. The van der Waals surface area contributed by atoms with Gasteiger partial charge in [-0.3, -0.25) is 9.98 Å². The Morgan fingerprint density at radius 1 is 0.625 bits per heavy atom. The predicted molar refractivity (Wildman–Crippen MR) is 226 cm³/mol. The van der Waals surface area contributed by atoms with Gasteiger partial charge in [0.1, 0.15) is 29.0 Å². The third-order valence-corrected chi connectivity index (χ3v) is 9.23. The molecule has 56 heavy (non-hydrogen) atoms. The third-order valence-electron chi connectivity index (χ3n) is 9.23. The molecule has 0 saturated heterocycles. The topological polar surface area (TPSA) is 132 Å². The van der Waals surface area contributed by atoms with Gasteiger partial charge in [0.25, 0.3) is 0 Å². The lowest BCUT2D eigenvalue weighted by atomic mass is 10.1. The quantitative estimate of drug-likeness (QED) is 0.168. The van der Waals surface area contributed by atoms with Gasteiger partial charge in [-0.1, -0.05) is 60.2 Å². The Morgan fingerprint density at radius 3 is 1.73 bits per heavy atom. The van der Waals surface area contributed by atoms with E-state index in [4.69, 9.17) is 15.2 Å². The van der Waals surface area contributed by atoms with Crippen molar-refractivity contribution < 1.29 is 9.47 Å². The largest absolute Gasteiger partial charge is 0.493 e. The van der Waals surface area contributed by atoms with Crippen LogP contribution in [0.3, 0.4) is 0 Å². The molecule has 10 heteroatoms. The molecule has 0 atom stereocenters. The summed E-state index contributed by atoms with van der Waals surface area (Å²) in [4.78, 5) is 22.6. The standard InChI is InChI=1S/C24H24N4O2.C22H20N4/c1-15-26-19(18-12-21(29-4)22(30-5)13-20(18)27-15)11-8-16-6-9-17(10-7-16)23-25-14-24(2,3)28-23;1-22(2)14-24-21(26-22)16-10-7-15(8-11-16)9-12-18-13-17-5-3-4-6-19(17)25-20(18)23/h6-7,9-10,12-13H,14H2,1-5H3,(H,25,28);3-8,10-11,13H,14H2,1-2H3,(H2,23,25)(H,24,26). The number of hydrogen-bond donors (Lipinski definition) is 3. The molecule has 0 spiro atoms. The fraction of sp³-hybridized carbons (Fsp3) is 0.239. The van der Waals surface area contributed by atoms with Crippen molar-refractivity contribution in [3.05, 3.63) is 130 Å². The average molecular weight is 741 g/mol. The molecule has 0 amide bonds. The van der Waals surface area contributed by atoms with Crippen LogP contribution in [0.15, 0.2) is 101 Å². The number of amidine groups is 2. The van der Waals surface area contributed by atoms with Crippen LogP contribution in [0.25, 0.3) is 21.8 Å². The second-order valence-electron chi connectivity index (χ2n) is 15.0. The number of ether oxygens (including phenoxy) is 2. The Bertz CT molecular complexity index is 2640. The number of nitrogen functional groups attached to an aromatic ring is 1. The molecule has 4 aromatic carbocycles. The van der Waals surface area contributed by atoms with Gasteiger partial charge in [0, 0.05) is 39.1 Å². The van der Waals surface area contributed by atoms with Gasteiger partial charge in [0.05, 0.1) is 55.0 Å². The van der Waals surface area contributed by atoms with Crippen molar-refractivity contribution in [2.75, 3.05) is 33.0 Å². The monoisotopic (exact) mass is 740 g/mol. The first-order valence-electron chi connectivity index (χ1n) is 18.3. The zero-order chi connectivity index (χ0) is 39.5. The minimum atomic E-state index is 0.00345. The molecule has 0 bridgehead atoms. The summed E-state index contributed by atoms with van der Waals surface area (Å²) in [5.74, 6) is 16.9. The average Bonchev–Trinajstić information content (AvgIpc) is 3.76. The molecule has 6 aromatic rings. The molecule has 2 aromatic heterocycles. The molecule has 0 unspecified atom stereocenters. The Kier molecular flexibility index (Phi) is 10.3. The van der Waals surface area contributed by atoms with Gasteiger partial charge in [0.2, 0.25) is 0 Å². The molecule has 280 valence electrons. The summed E-state index contributed by atoms with van der Waals surface area (Å²) >= 11 is 0. The normalized spacial score (nSPS) is 14.8. The number of pyridine rings is 1. The molecule has 0 aliphatic carbocycles. The lowest BCUT2D eigenvalue weighted by Gasteiger charge is -2.18. The highest BCUT2D eigenvalue weighted by Gasteiger charge is 2.26. The zero-order valence-corrected chi connectivity index (χ0v) is 32.7. The van der Waals surface area contributed by atoms with Crippen LogP contribution in [-0.2, 0) is 0 Å². The van der Waals surface area contributed by atoms with Crippen molar-refractivity contribution in [1.82, 2.24) is 25.6 Å². The van der Waals surface area contributed by atoms with Crippen molar-refractivity contribution in [3.63, 3.8) is 0 Å². The molecule has 4 N–H and O–H groups in total. The summed E-state index contributed by atoms with van der Waals surface area (Å²) in [6, 6.07) is 29.7. The fourth-order valence-electron chi connectivity index (χ4n) is 6.27. The molecular weight excluding hydrogens is 697 g/mol. The van der Waals surface area contributed by atoms with Crippen LogP contribution in [0.2, 0.25) is 0 Å². The number of methoxy groups -OCH3 is 2. The van der Waals surface area contributed by atoms with Gasteiger partial charge in [0.15, 0.2) is 11.5 Å². The maximum absolute atomic E-state index is 6.05. The summed E-state index contributed by atoms with van der Waals surface area (Å²) in [6.07, 6.45) is 0. The number of nitrogens with one attached hydrogen (secondary N) is 2. The van der Waals surface area contributed by atoms with Crippen LogP contribution in [0.5, 0.6) is 11.5 Å². The number of anilines is 1. The number of rotatable bonds is 4. The number of nitrogens with zero attached hydrogens (tertiary/aromatic N) is 5. The molecule has 0 saturated carbocycles. The minimum Gasteiger partial charge on any atom is -0.493 e. The van der Waals surface area contributed by atoms with E-state index in [-0.39, 0.29) is 11.1 Å². The van der Waals surface area contributed by atoms with E-state index < -0.39 is 0 Å². The Labute approximate surface area is 327 Å². The highest BCUT2D eigenvalue weighted by molar-refractivity contribution is 6.01. The van der Waals surface area contributed by atoms with E-state index in [1.807, 2.05) is 97.9 Å². The molecular formula is C46H44N8O2. The van der Waals surface area contributed by atoms with E-state index in [0.717, 1.165) is 74.4 Å². The Balaban J connectivity index is 0.000000173. The van der Waals surface area contributed by atoms with E-state index in [1.165, 1.54) is 0 Å². The summed E-state index contributed by atoms with van der Waals surface area (Å²) in [5.41, 5.74) is 13.1. The van der Waals surface area contributed by atoms with Gasteiger partial charge < -0.3 is 25.8 Å². The second-order valence-corrected chi connectivity index (χ2v) is 15.0. The molecule has 8 rings (SSSR count). The van der Waals surface area contributed by atoms with Crippen LogP contribution >= 0.6 is 0 Å². The van der Waals surface area contributed by atoms with Gasteiger partial charge in [-0.15, -0.1) is 0 Å². The van der Waals surface area contributed by atoms with Crippen LogP contribution in [0, 0.1) is 30.6 Å². The number of para-hydroxylation sites is 1. The molecule has 10 nitrogen and oxygen atoms in total. The number of aromatic nitrogens is 3. The summed E-state index contributed by atoms with van der Waals surface area (Å²) < 4.78 is 10.8. The van der Waals surface area contributed by atoms with Crippen LogP contribution in [-0.4, -0.2) is 65.0 Å². The van der Waals surface area contributed by atoms with Gasteiger partial charge in [-0.05, 0) is 83.0 Å².